The minimum absolute atomic E-state index is 0.214. The number of aryl methyl sites for hydroxylation is 2. The number of benzene rings is 2. The number of carbonyl (C=O) groups is 1. The van der Waals surface area contributed by atoms with Gasteiger partial charge in [0, 0.05) is 31.5 Å². The predicted molar refractivity (Wildman–Crippen MR) is 119 cm³/mol. The molecule has 6 nitrogen and oxygen atoms in total. The topological polar surface area (TPSA) is 68.5 Å². The van der Waals surface area contributed by atoms with Crippen LogP contribution in [0.25, 0.3) is 11.4 Å². The lowest BCUT2D eigenvalue weighted by Gasteiger charge is -2.32. The van der Waals surface area contributed by atoms with E-state index in [1.54, 1.807) is 7.11 Å². The van der Waals surface area contributed by atoms with E-state index in [1.807, 2.05) is 60.4 Å². The maximum Gasteiger partial charge on any atom is 0.227 e. The summed E-state index contributed by atoms with van der Waals surface area (Å²) >= 11 is 0. The smallest absolute Gasteiger partial charge is 0.227 e. The van der Waals surface area contributed by atoms with Crippen molar-refractivity contribution < 1.29 is 14.1 Å². The monoisotopic (exact) mass is 419 g/mol. The average molecular weight is 420 g/mol. The van der Waals surface area contributed by atoms with E-state index in [0.717, 1.165) is 54.8 Å². The first-order chi connectivity index (χ1) is 15.1. The molecule has 1 fully saturated rings. The van der Waals surface area contributed by atoms with Crippen molar-refractivity contribution in [1.82, 2.24) is 15.0 Å². The van der Waals surface area contributed by atoms with Gasteiger partial charge >= 0.3 is 0 Å². The molecule has 0 aliphatic carbocycles. The van der Waals surface area contributed by atoms with Gasteiger partial charge in [-0.25, -0.2) is 0 Å². The fraction of sp³-hybridized carbons (Fsp3) is 0.400. The molecular weight excluding hydrogens is 390 g/mol. The molecule has 1 aromatic heterocycles. The van der Waals surface area contributed by atoms with Gasteiger partial charge in [-0.05, 0) is 55.4 Å². The van der Waals surface area contributed by atoms with Gasteiger partial charge in [-0.2, -0.15) is 4.98 Å². The highest BCUT2D eigenvalue weighted by molar-refractivity contribution is 5.76. The first-order valence-corrected chi connectivity index (χ1v) is 10.9. The molecule has 1 aliphatic rings. The molecule has 2 aromatic carbocycles. The Morgan fingerprint density at radius 1 is 1.19 bits per heavy atom. The molecule has 2 heterocycles. The van der Waals surface area contributed by atoms with Crippen molar-refractivity contribution >= 4 is 5.91 Å². The van der Waals surface area contributed by atoms with E-state index in [0.29, 0.717) is 30.5 Å². The van der Waals surface area contributed by atoms with Crippen molar-refractivity contribution in [2.45, 2.75) is 39.0 Å². The van der Waals surface area contributed by atoms with Crippen LogP contribution in [0.3, 0.4) is 0 Å². The van der Waals surface area contributed by atoms with Crippen molar-refractivity contribution in [1.29, 1.82) is 0 Å². The summed E-state index contributed by atoms with van der Waals surface area (Å²) in [4.78, 5) is 19.4. The molecule has 0 bridgehead atoms. The van der Waals surface area contributed by atoms with Crippen LogP contribution in [0, 0.1) is 12.8 Å². The second-order valence-corrected chi connectivity index (χ2v) is 8.23. The Bertz CT molecular complexity index is 1010. The summed E-state index contributed by atoms with van der Waals surface area (Å²) in [6, 6.07) is 15.9. The van der Waals surface area contributed by atoms with Gasteiger partial charge in [0.15, 0.2) is 0 Å². The summed E-state index contributed by atoms with van der Waals surface area (Å²) < 4.78 is 10.7. The van der Waals surface area contributed by atoms with Crippen molar-refractivity contribution in [2.24, 2.45) is 5.92 Å². The summed E-state index contributed by atoms with van der Waals surface area (Å²) in [5.41, 5.74) is 3.27. The molecule has 31 heavy (non-hydrogen) atoms. The van der Waals surface area contributed by atoms with E-state index in [9.17, 15) is 4.79 Å². The lowest BCUT2D eigenvalue weighted by atomic mass is 9.94. The Kier molecular flexibility index (Phi) is 6.65. The predicted octanol–water partition coefficient (Wildman–Crippen LogP) is 4.47. The Hall–Kier alpha value is -3.15. The van der Waals surface area contributed by atoms with Gasteiger partial charge in [0.2, 0.25) is 17.6 Å². The standard InChI is InChI=1S/C25H29N3O3/c1-18-6-3-4-8-22(18)25-26-23(31-27-25)16-20-7-5-15-28(17-20)24(29)14-11-19-9-12-21(30-2)13-10-19/h3-4,6,8-10,12-13,20H,5,7,11,14-17H2,1-2H3. The zero-order valence-electron chi connectivity index (χ0n) is 18.2. The van der Waals surface area contributed by atoms with E-state index in [4.69, 9.17) is 9.26 Å². The van der Waals surface area contributed by atoms with Crippen LogP contribution < -0.4 is 4.74 Å². The highest BCUT2D eigenvalue weighted by Crippen LogP contribution is 2.24. The van der Waals surface area contributed by atoms with Crippen molar-refractivity contribution in [3.05, 3.63) is 65.5 Å². The highest BCUT2D eigenvalue weighted by Gasteiger charge is 2.25. The first kappa shape index (κ1) is 21.1. The third-order valence-electron chi connectivity index (χ3n) is 5.98. The largest absolute Gasteiger partial charge is 0.497 e. The van der Waals surface area contributed by atoms with Gasteiger partial charge in [-0.3, -0.25) is 4.79 Å². The Morgan fingerprint density at radius 2 is 2.00 bits per heavy atom. The fourth-order valence-electron chi connectivity index (χ4n) is 4.18. The van der Waals surface area contributed by atoms with Crippen LogP contribution in [-0.2, 0) is 17.6 Å². The molecule has 4 rings (SSSR count). The summed E-state index contributed by atoms with van der Waals surface area (Å²) in [7, 11) is 1.66. The third kappa shape index (κ3) is 5.32. The second-order valence-electron chi connectivity index (χ2n) is 8.23. The minimum atomic E-state index is 0.214. The van der Waals surface area contributed by atoms with Crippen LogP contribution in [0.2, 0.25) is 0 Å². The van der Waals surface area contributed by atoms with Crippen LogP contribution >= 0.6 is 0 Å². The summed E-state index contributed by atoms with van der Waals surface area (Å²) in [5.74, 6) is 2.68. The molecular formula is C25H29N3O3. The van der Waals surface area contributed by atoms with E-state index in [2.05, 4.69) is 10.1 Å². The number of hydrogen-bond acceptors (Lipinski definition) is 5. The van der Waals surface area contributed by atoms with Crippen LogP contribution in [-0.4, -0.2) is 41.1 Å². The first-order valence-electron chi connectivity index (χ1n) is 10.9. The molecule has 3 aromatic rings. The Morgan fingerprint density at radius 3 is 2.77 bits per heavy atom. The number of amides is 1. The number of rotatable bonds is 7. The zero-order chi connectivity index (χ0) is 21.6. The van der Waals surface area contributed by atoms with Gasteiger partial charge in [0.25, 0.3) is 0 Å². The molecule has 1 aliphatic heterocycles. The number of methoxy groups -OCH3 is 1. The average Bonchev–Trinajstić information content (AvgIpc) is 3.26. The summed E-state index contributed by atoms with van der Waals surface area (Å²) in [6.45, 7) is 3.63. The van der Waals surface area contributed by atoms with Crippen LogP contribution in [0.15, 0.2) is 53.1 Å². The van der Waals surface area contributed by atoms with Gasteiger partial charge in [0.05, 0.1) is 7.11 Å². The van der Waals surface area contributed by atoms with Crippen molar-refractivity contribution in [3.8, 4) is 17.1 Å². The molecule has 1 atom stereocenters. The number of likely N-dealkylation sites (tertiary alicyclic amines) is 1. The van der Waals surface area contributed by atoms with Gasteiger partial charge < -0.3 is 14.2 Å². The summed E-state index contributed by atoms with van der Waals surface area (Å²) in [6.07, 6.45) is 4.06. The van der Waals surface area contributed by atoms with E-state index >= 15 is 0 Å². The van der Waals surface area contributed by atoms with Gasteiger partial charge in [0.1, 0.15) is 5.75 Å². The molecule has 1 unspecified atom stereocenters. The Balaban J connectivity index is 1.31. The second kappa shape index (κ2) is 9.77. The zero-order valence-corrected chi connectivity index (χ0v) is 18.2. The molecule has 6 heteroatoms. The van der Waals surface area contributed by atoms with Crippen molar-refractivity contribution in [2.75, 3.05) is 20.2 Å². The van der Waals surface area contributed by atoms with Crippen LogP contribution in [0.4, 0.5) is 0 Å². The van der Waals surface area contributed by atoms with Gasteiger partial charge in [-0.15, -0.1) is 0 Å². The molecule has 0 spiro atoms. The van der Waals surface area contributed by atoms with Crippen molar-refractivity contribution in [3.63, 3.8) is 0 Å². The number of nitrogens with zero attached hydrogens (tertiary/aromatic N) is 3. The van der Waals surface area contributed by atoms with E-state index in [1.165, 1.54) is 0 Å². The number of hydrogen-bond donors (Lipinski definition) is 0. The third-order valence-corrected chi connectivity index (χ3v) is 5.98. The molecule has 0 saturated carbocycles. The Labute approximate surface area is 183 Å². The van der Waals surface area contributed by atoms with Gasteiger partial charge in [-0.1, -0.05) is 41.6 Å². The minimum Gasteiger partial charge on any atom is -0.497 e. The lowest BCUT2D eigenvalue weighted by Crippen LogP contribution is -2.40. The summed E-state index contributed by atoms with van der Waals surface area (Å²) in [5, 5.41) is 4.17. The number of piperidine rings is 1. The number of aromatic nitrogens is 2. The number of ether oxygens (including phenoxy) is 1. The van der Waals surface area contributed by atoms with Crippen LogP contribution in [0.5, 0.6) is 5.75 Å². The molecule has 1 saturated heterocycles. The lowest BCUT2D eigenvalue weighted by molar-refractivity contribution is -0.133. The van der Waals surface area contributed by atoms with Crippen LogP contribution in [0.1, 0.15) is 36.3 Å². The normalized spacial score (nSPS) is 16.3. The molecule has 0 radical (unpaired) electrons. The maximum atomic E-state index is 12.8. The molecule has 0 N–H and O–H groups in total. The molecule has 162 valence electrons. The van der Waals surface area contributed by atoms with E-state index in [-0.39, 0.29) is 5.91 Å². The number of carbonyl (C=O) groups excluding carboxylic acids is 1. The molecule has 1 amide bonds. The SMILES string of the molecule is COc1ccc(CCC(=O)N2CCCC(Cc3nc(-c4ccccc4C)no3)C2)cc1. The highest BCUT2D eigenvalue weighted by atomic mass is 16.5. The quantitative estimate of drug-likeness (QED) is 0.565. The van der Waals surface area contributed by atoms with E-state index < -0.39 is 0 Å². The maximum absolute atomic E-state index is 12.8. The fourth-order valence-corrected chi connectivity index (χ4v) is 4.18.